The van der Waals surface area contributed by atoms with Crippen molar-refractivity contribution in [1.29, 1.82) is 0 Å². The molecule has 1 atom stereocenters. The minimum Gasteiger partial charge on any atom is -0.326 e. The van der Waals surface area contributed by atoms with Crippen LogP contribution in [0.4, 0.5) is 20.2 Å². The third kappa shape index (κ3) is 3.84. The Bertz CT molecular complexity index is 896. The van der Waals surface area contributed by atoms with Gasteiger partial charge in [0, 0.05) is 30.4 Å². The van der Waals surface area contributed by atoms with E-state index >= 15 is 0 Å². The summed E-state index contributed by atoms with van der Waals surface area (Å²) in [6.45, 7) is 6.33. The fourth-order valence-electron chi connectivity index (χ4n) is 3.43. The maximum absolute atomic E-state index is 13.3. The Balaban J connectivity index is 1.79. The molecule has 2 aromatic rings. The first-order chi connectivity index (χ1) is 12.8. The summed E-state index contributed by atoms with van der Waals surface area (Å²) >= 11 is 0. The molecule has 0 radical (unpaired) electrons. The van der Waals surface area contributed by atoms with Crippen molar-refractivity contribution in [3.63, 3.8) is 0 Å². The number of amides is 2. The lowest BCUT2D eigenvalue weighted by Gasteiger charge is -2.24. The molecule has 1 unspecified atom stereocenters. The topological polar surface area (TPSA) is 49.4 Å². The fourth-order valence-corrected chi connectivity index (χ4v) is 3.43. The van der Waals surface area contributed by atoms with E-state index in [2.05, 4.69) is 19.2 Å². The van der Waals surface area contributed by atoms with Gasteiger partial charge in [0.05, 0.1) is 5.92 Å². The second-order valence-corrected chi connectivity index (χ2v) is 7.19. The molecule has 0 aliphatic carbocycles. The van der Waals surface area contributed by atoms with Crippen LogP contribution in [-0.4, -0.2) is 18.4 Å². The Labute approximate surface area is 157 Å². The van der Waals surface area contributed by atoms with Gasteiger partial charge in [0.15, 0.2) is 11.6 Å². The molecular formula is C21H22F2N2O2. The van der Waals surface area contributed by atoms with Crippen LogP contribution >= 0.6 is 0 Å². The highest BCUT2D eigenvalue weighted by atomic mass is 19.2. The molecule has 142 valence electrons. The third-order valence-corrected chi connectivity index (χ3v) is 4.84. The number of para-hydroxylation sites is 1. The predicted molar refractivity (Wildman–Crippen MR) is 101 cm³/mol. The zero-order valence-electron chi connectivity index (χ0n) is 15.6. The number of hydrogen-bond acceptors (Lipinski definition) is 2. The second-order valence-electron chi connectivity index (χ2n) is 7.19. The number of benzene rings is 2. The maximum atomic E-state index is 13.3. The Morgan fingerprint density at radius 2 is 1.93 bits per heavy atom. The molecule has 1 aliphatic heterocycles. The maximum Gasteiger partial charge on any atom is 0.229 e. The molecule has 1 heterocycles. The normalized spacial score (nSPS) is 16.9. The third-order valence-electron chi connectivity index (χ3n) is 4.84. The van der Waals surface area contributed by atoms with Crippen LogP contribution in [0.15, 0.2) is 36.4 Å². The molecule has 1 N–H and O–H groups in total. The lowest BCUT2D eigenvalue weighted by molar-refractivity contribution is -0.122. The van der Waals surface area contributed by atoms with Gasteiger partial charge in [-0.2, -0.15) is 0 Å². The summed E-state index contributed by atoms with van der Waals surface area (Å²) < 4.78 is 26.4. The summed E-state index contributed by atoms with van der Waals surface area (Å²) in [6, 6.07) is 9.09. The van der Waals surface area contributed by atoms with Crippen LogP contribution < -0.4 is 10.2 Å². The van der Waals surface area contributed by atoms with Crippen LogP contribution in [0.25, 0.3) is 0 Å². The minimum absolute atomic E-state index is 0.0847. The Morgan fingerprint density at radius 1 is 1.19 bits per heavy atom. The summed E-state index contributed by atoms with van der Waals surface area (Å²) in [5.74, 6) is -2.81. The lowest BCUT2D eigenvalue weighted by atomic mass is 9.97. The first-order valence-corrected chi connectivity index (χ1v) is 8.93. The largest absolute Gasteiger partial charge is 0.326 e. The summed E-state index contributed by atoms with van der Waals surface area (Å²) in [5.41, 5.74) is 3.07. The number of nitrogens with zero attached hydrogens (tertiary/aromatic N) is 1. The molecule has 4 nitrogen and oxygen atoms in total. The number of halogens is 2. The van der Waals surface area contributed by atoms with Crippen LogP contribution in [0.1, 0.15) is 37.3 Å². The van der Waals surface area contributed by atoms with Gasteiger partial charge < -0.3 is 10.2 Å². The van der Waals surface area contributed by atoms with E-state index in [-0.39, 0.29) is 36.4 Å². The molecule has 2 aromatic carbocycles. The van der Waals surface area contributed by atoms with Crippen LogP contribution in [0, 0.1) is 24.5 Å². The molecule has 1 fully saturated rings. The molecular weight excluding hydrogens is 350 g/mol. The van der Waals surface area contributed by atoms with Gasteiger partial charge in [-0.3, -0.25) is 9.59 Å². The first kappa shape index (κ1) is 19.0. The van der Waals surface area contributed by atoms with Crippen LogP contribution in [0.5, 0.6) is 0 Å². The van der Waals surface area contributed by atoms with Crippen molar-refractivity contribution >= 4 is 23.2 Å². The van der Waals surface area contributed by atoms with E-state index in [1.807, 2.05) is 25.1 Å². The number of nitrogens with one attached hydrogen (secondary N) is 1. The number of hydrogen-bond donors (Lipinski definition) is 1. The van der Waals surface area contributed by atoms with Crippen LogP contribution in [-0.2, 0) is 9.59 Å². The molecule has 0 aromatic heterocycles. The number of carbonyl (C=O) groups excluding carboxylic acids is 2. The van der Waals surface area contributed by atoms with Gasteiger partial charge in [-0.05, 0) is 36.1 Å². The predicted octanol–water partition coefficient (Wildman–Crippen LogP) is 4.39. The summed E-state index contributed by atoms with van der Waals surface area (Å²) in [5, 5.41) is 2.57. The standard InChI is InChI=1S/C21H22F2N2O2/c1-12(2)16-6-4-5-13(3)20(16)25-11-14(9-19(25)26)21(27)24-15-7-8-17(22)18(23)10-15/h4-8,10,12,14H,9,11H2,1-3H3,(H,24,27). The highest BCUT2D eigenvalue weighted by molar-refractivity contribution is 6.04. The monoisotopic (exact) mass is 372 g/mol. The highest BCUT2D eigenvalue weighted by Crippen LogP contribution is 2.35. The van der Waals surface area contributed by atoms with Gasteiger partial charge in [0.2, 0.25) is 11.8 Å². The lowest BCUT2D eigenvalue weighted by Crippen LogP contribution is -2.29. The van der Waals surface area contributed by atoms with Gasteiger partial charge in [-0.25, -0.2) is 8.78 Å². The molecule has 1 aliphatic rings. The Hall–Kier alpha value is -2.76. The zero-order valence-corrected chi connectivity index (χ0v) is 15.6. The van der Waals surface area contributed by atoms with Crippen LogP contribution in [0.2, 0.25) is 0 Å². The number of anilines is 2. The average Bonchev–Trinajstić information content (AvgIpc) is 2.99. The number of carbonyl (C=O) groups is 2. The van der Waals surface area contributed by atoms with E-state index in [9.17, 15) is 18.4 Å². The number of rotatable bonds is 4. The van der Waals surface area contributed by atoms with Gasteiger partial charge in [0.25, 0.3) is 0 Å². The molecule has 6 heteroatoms. The van der Waals surface area contributed by atoms with E-state index in [1.54, 1.807) is 4.90 Å². The molecule has 2 amide bonds. The molecule has 27 heavy (non-hydrogen) atoms. The van der Waals surface area contributed by atoms with Gasteiger partial charge in [-0.1, -0.05) is 32.0 Å². The van der Waals surface area contributed by atoms with Crippen molar-refractivity contribution < 1.29 is 18.4 Å². The van der Waals surface area contributed by atoms with Crippen LogP contribution in [0.3, 0.4) is 0 Å². The molecule has 3 rings (SSSR count). The Kier molecular flexibility index (Phi) is 5.26. The average molecular weight is 372 g/mol. The van der Waals surface area contributed by atoms with E-state index < -0.39 is 17.6 Å². The van der Waals surface area contributed by atoms with E-state index in [0.29, 0.717) is 0 Å². The second kappa shape index (κ2) is 7.47. The minimum atomic E-state index is -1.03. The zero-order chi connectivity index (χ0) is 19.7. The quantitative estimate of drug-likeness (QED) is 0.865. The number of aryl methyl sites for hydroxylation is 1. The first-order valence-electron chi connectivity index (χ1n) is 8.93. The van der Waals surface area contributed by atoms with Crippen molar-refractivity contribution in [2.45, 2.75) is 33.1 Å². The molecule has 0 spiro atoms. The Morgan fingerprint density at radius 3 is 2.59 bits per heavy atom. The van der Waals surface area contributed by atoms with Crippen molar-refractivity contribution in [3.05, 3.63) is 59.2 Å². The fraction of sp³-hybridized carbons (Fsp3) is 0.333. The molecule has 0 bridgehead atoms. The summed E-state index contributed by atoms with van der Waals surface area (Å²) in [4.78, 5) is 26.8. The van der Waals surface area contributed by atoms with Crippen molar-refractivity contribution in [1.82, 2.24) is 0 Å². The van der Waals surface area contributed by atoms with Crippen molar-refractivity contribution in [2.24, 2.45) is 5.92 Å². The van der Waals surface area contributed by atoms with Gasteiger partial charge in [-0.15, -0.1) is 0 Å². The highest BCUT2D eigenvalue weighted by Gasteiger charge is 2.36. The van der Waals surface area contributed by atoms with E-state index in [4.69, 9.17) is 0 Å². The molecule has 1 saturated heterocycles. The molecule has 0 saturated carbocycles. The van der Waals surface area contributed by atoms with E-state index in [1.165, 1.54) is 6.07 Å². The van der Waals surface area contributed by atoms with Crippen molar-refractivity contribution in [3.8, 4) is 0 Å². The van der Waals surface area contributed by atoms with E-state index in [0.717, 1.165) is 28.9 Å². The smallest absolute Gasteiger partial charge is 0.229 e. The van der Waals surface area contributed by atoms with Crippen molar-refractivity contribution in [2.75, 3.05) is 16.8 Å². The summed E-state index contributed by atoms with van der Waals surface area (Å²) in [7, 11) is 0. The summed E-state index contributed by atoms with van der Waals surface area (Å²) in [6.07, 6.45) is 0.0847. The van der Waals surface area contributed by atoms with Gasteiger partial charge >= 0.3 is 0 Å². The van der Waals surface area contributed by atoms with Gasteiger partial charge in [0.1, 0.15) is 0 Å². The SMILES string of the molecule is Cc1cccc(C(C)C)c1N1CC(C(=O)Nc2ccc(F)c(F)c2)CC1=O.